The lowest BCUT2D eigenvalue weighted by Gasteiger charge is -2.25. The minimum absolute atomic E-state index is 0.169. The lowest BCUT2D eigenvalue weighted by Crippen LogP contribution is -2.31. The molecule has 0 spiro atoms. The van der Waals surface area contributed by atoms with Gasteiger partial charge in [-0.1, -0.05) is 48.4 Å². The molecule has 0 amide bonds. The molecule has 0 aliphatic heterocycles. The van der Waals surface area contributed by atoms with Crippen LogP contribution in [-0.2, 0) is 11.3 Å². The second kappa shape index (κ2) is 7.77. The van der Waals surface area contributed by atoms with Crippen LogP contribution < -0.4 is 5.56 Å². The summed E-state index contributed by atoms with van der Waals surface area (Å²) >= 11 is 0. The van der Waals surface area contributed by atoms with E-state index in [0.29, 0.717) is 12.3 Å². The largest absolute Gasteiger partial charge is 0.375 e. The molecule has 3 aromatic rings. The van der Waals surface area contributed by atoms with Gasteiger partial charge in [0.15, 0.2) is 0 Å². The third-order valence-corrected chi connectivity index (χ3v) is 4.34. The van der Waals surface area contributed by atoms with Gasteiger partial charge in [0.2, 0.25) is 0 Å². The van der Waals surface area contributed by atoms with Crippen LogP contribution in [0.2, 0.25) is 0 Å². The first kappa shape index (κ1) is 18.9. The Morgan fingerprint density at radius 1 is 1.11 bits per heavy atom. The van der Waals surface area contributed by atoms with Crippen molar-refractivity contribution in [3.05, 3.63) is 76.2 Å². The van der Waals surface area contributed by atoms with Crippen LogP contribution >= 0.6 is 0 Å². The SMILES string of the molecule is C#CCn1c(=O)c(C(COC(C)(C)C)c2ccccc2)nc2ccccc21. The van der Waals surface area contributed by atoms with Gasteiger partial charge in [-0.05, 0) is 38.5 Å². The van der Waals surface area contributed by atoms with Gasteiger partial charge in [-0.3, -0.25) is 9.36 Å². The number of fused-ring (bicyclic) bond motifs is 1. The van der Waals surface area contributed by atoms with Crippen molar-refractivity contribution >= 4 is 11.0 Å². The monoisotopic (exact) mass is 360 g/mol. The Morgan fingerprint density at radius 3 is 2.44 bits per heavy atom. The Labute approximate surface area is 159 Å². The third kappa shape index (κ3) is 4.27. The van der Waals surface area contributed by atoms with Crippen LogP contribution in [0, 0.1) is 12.3 Å². The zero-order valence-corrected chi connectivity index (χ0v) is 16.0. The molecule has 0 radical (unpaired) electrons. The van der Waals surface area contributed by atoms with E-state index in [0.717, 1.165) is 16.6 Å². The van der Waals surface area contributed by atoms with Crippen LogP contribution in [0.3, 0.4) is 0 Å². The van der Waals surface area contributed by atoms with Crippen molar-refractivity contribution in [3.8, 4) is 12.3 Å². The van der Waals surface area contributed by atoms with E-state index in [1.165, 1.54) is 0 Å². The van der Waals surface area contributed by atoms with Crippen molar-refractivity contribution in [2.75, 3.05) is 6.61 Å². The summed E-state index contributed by atoms with van der Waals surface area (Å²) in [6.07, 6.45) is 5.52. The van der Waals surface area contributed by atoms with E-state index in [4.69, 9.17) is 16.1 Å². The van der Waals surface area contributed by atoms with Gasteiger partial charge >= 0.3 is 0 Å². The van der Waals surface area contributed by atoms with Gasteiger partial charge in [-0.25, -0.2) is 4.98 Å². The van der Waals surface area contributed by atoms with Crippen molar-refractivity contribution in [3.63, 3.8) is 0 Å². The second-order valence-corrected chi connectivity index (χ2v) is 7.47. The normalized spacial score (nSPS) is 12.7. The molecule has 0 aliphatic rings. The fraction of sp³-hybridized carbons (Fsp3) is 0.304. The zero-order valence-electron chi connectivity index (χ0n) is 16.0. The molecule has 1 aromatic heterocycles. The zero-order chi connectivity index (χ0) is 19.4. The molecule has 0 aliphatic carbocycles. The predicted molar refractivity (Wildman–Crippen MR) is 109 cm³/mol. The maximum atomic E-state index is 13.3. The molecule has 1 unspecified atom stereocenters. The Hall–Kier alpha value is -2.90. The molecule has 138 valence electrons. The van der Waals surface area contributed by atoms with Crippen LogP contribution in [0.4, 0.5) is 0 Å². The highest BCUT2D eigenvalue weighted by molar-refractivity contribution is 5.74. The summed E-state index contributed by atoms with van der Waals surface area (Å²) in [5, 5.41) is 0. The highest BCUT2D eigenvalue weighted by atomic mass is 16.5. The molecular weight excluding hydrogens is 336 g/mol. The van der Waals surface area contributed by atoms with E-state index in [-0.39, 0.29) is 23.6 Å². The Kier molecular flexibility index (Phi) is 5.43. The average Bonchev–Trinajstić information content (AvgIpc) is 2.65. The van der Waals surface area contributed by atoms with Gasteiger partial charge in [0.25, 0.3) is 5.56 Å². The van der Waals surface area contributed by atoms with Crippen LogP contribution in [0.15, 0.2) is 59.4 Å². The van der Waals surface area contributed by atoms with Gasteiger partial charge in [-0.2, -0.15) is 0 Å². The van der Waals surface area contributed by atoms with Gasteiger partial charge < -0.3 is 4.74 Å². The highest BCUT2D eigenvalue weighted by Crippen LogP contribution is 2.25. The van der Waals surface area contributed by atoms with Crippen LogP contribution in [0.1, 0.15) is 37.9 Å². The molecule has 2 aromatic carbocycles. The lowest BCUT2D eigenvalue weighted by atomic mass is 9.96. The minimum Gasteiger partial charge on any atom is -0.375 e. The number of ether oxygens (including phenoxy) is 1. The number of rotatable bonds is 5. The smallest absolute Gasteiger partial charge is 0.274 e. The maximum absolute atomic E-state index is 13.3. The summed E-state index contributed by atoms with van der Waals surface area (Å²) in [6, 6.07) is 17.4. The van der Waals surface area contributed by atoms with Crippen molar-refractivity contribution in [2.24, 2.45) is 0 Å². The molecule has 0 fully saturated rings. The van der Waals surface area contributed by atoms with E-state index in [1.54, 1.807) is 4.57 Å². The second-order valence-electron chi connectivity index (χ2n) is 7.47. The number of hydrogen-bond acceptors (Lipinski definition) is 3. The van der Waals surface area contributed by atoms with Crippen LogP contribution in [0.25, 0.3) is 11.0 Å². The third-order valence-electron chi connectivity index (χ3n) is 4.34. The van der Waals surface area contributed by atoms with Crippen molar-refractivity contribution < 1.29 is 4.74 Å². The van der Waals surface area contributed by atoms with E-state index in [1.807, 2.05) is 75.4 Å². The standard InChI is InChI=1S/C23H24N2O2/c1-5-15-25-20-14-10-9-13-19(20)24-21(22(25)26)18(16-27-23(2,3)4)17-11-7-6-8-12-17/h1,6-14,18H,15-16H2,2-4H3. The molecule has 1 heterocycles. The van der Waals surface area contributed by atoms with Gasteiger partial charge in [-0.15, -0.1) is 6.42 Å². The number of benzene rings is 2. The molecular formula is C23H24N2O2. The number of nitrogens with zero attached hydrogens (tertiary/aromatic N) is 2. The van der Waals surface area contributed by atoms with Crippen LogP contribution in [0.5, 0.6) is 0 Å². The predicted octanol–water partition coefficient (Wildman–Crippen LogP) is 3.98. The molecule has 0 saturated carbocycles. The molecule has 4 nitrogen and oxygen atoms in total. The van der Waals surface area contributed by atoms with E-state index in [2.05, 4.69) is 5.92 Å². The summed E-state index contributed by atoms with van der Waals surface area (Å²) in [7, 11) is 0. The minimum atomic E-state index is -0.318. The fourth-order valence-corrected chi connectivity index (χ4v) is 3.04. The van der Waals surface area contributed by atoms with E-state index < -0.39 is 0 Å². The Bertz CT molecular complexity index is 1020. The number of aromatic nitrogens is 2. The van der Waals surface area contributed by atoms with E-state index in [9.17, 15) is 4.79 Å². The topological polar surface area (TPSA) is 44.1 Å². The first-order chi connectivity index (χ1) is 12.9. The fourth-order valence-electron chi connectivity index (χ4n) is 3.04. The van der Waals surface area contributed by atoms with Crippen molar-refractivity contribution in [1.29, 1.82) is 0 Å². The number of para-hydroxylation sites is 2. The summed E-state index contributed by atoms with van der Waals surface area (Å²) in [6.45, 7) is 6.57. The summed E-state index contributed by atoms with van der Waals surface area (Å²) in [4.78, 5) is 18.0. The maximum Gasteiger partial charge on any atom is 0.274 e. The Balaban J connectivity index is 2.19. The quantitative estimate of drug-likeness (QED) is 0.647. The Morgan fingerprint density at radius 2 is 1.78 bits per heavy atom. The average molecular weight is 360 g/mol. The first-order valence-corrected chi connectivity index (χ1v) is 9.02. The van der Waals surface area contributed by atoms with Crippen LogP contribution in [-0.4, -0.2) is 21.8 Å². The van der Waals surface area contributed by atoms with E-state index >= 15 is 0 Å². The molecule has 1 atom stereocenters. The molecule has 0 bridgehead atoms. The van der Waals surface area contributed by atoms with Gasteiger partial charge in [0.05, 0.1) is 35.7 Å². The molecule has 27 heavy (non-hydrogen) atoms. The number of hydrogen-bond donors (Lipinski definition) is 0. The van der Waals surface area contributed by atoms with Gasteiger partial charge in [0, 0.05) is 0 Å². The molecule has 0 saturated heterocycles. The molecule has 4 heteroatoms. The summed E-state index contributed by atoms with van der Waals surface area (Å²) < 4.78 is 7.65. The van der Waals surface area contributed by atoms with Gasteiger partial charge in [0.1, 0.15) is 5.69 Å². The summed E-state index contributed by atoms with van der Waals surface area (Å²) in [5.74, 6) is 2.31. The number of terminal acetylenes is 1. The lowest BCUT2D eigenvalue weighted by molar-refractivity contribution is -0.00716. The van der Waals surface area contributed by atoms with Crippen molar-refractivity contribution in [2.45, 2.75) is 38.8 Å². The molecule has 3 rings (SSSR count). The first-order valence-electron chi connectivity index (χ1n) is 9.02. The van der Waals surface area contributed by atoms with Crippen molar-refractivity contribution in [1.82, 2.24) is 9.55 Å². The summed E-state index contributed by atoms with van der Waals surface area (Å²) in [5.41, 5.74) is 2.46. The molecule has 0 N–H and O–H groups in total. The highest BCUT2D eigenvalue weighted by Gasteiger charge is 2.24.